The Kier molecular flexibility index (Phi) is 3.16. The summed E-state index contributed by atoms with van der Waals surface area (Å²) in [6.45, 7) is 1.93. The lowest BCUT2D eigenvalue weighted by Gasteiger charge is -1.99. The topological polar surface area (TPSA) is 12.9 Å². The van der Waals surface area contributed by atoms with Gasteiger partial charge in [0.1, 0.15) is 5.01 Å². The number of nitrogens with zero attached hydrogens (tertiary/aromatic N) is 1. The highest BCUT2D eigenvalue weighted by Crippen LogP contribution is 2.34. The van der Waals surface area contributed by atoms with E-state index < -0.39 is 11.6 Å². The van der Waals surface area contributed by atoms with Crippen LogP contribution in [0.1, 0.15) is 4.88 Å². The zero-order valence-electron chi connectivity index (χ0n) is 9.98. The smallest absolute Gasteiger partial charge is 0.159 e. The molecule has 0 amide bonds. The first-order chi connectivity index (χ1) is 9.15. The van der Waals surface area contributed by atoms with E-state index in [2.05, 4.69) is 4.98 Å². The molecule has 1 aromatic carbocycles. The van der Waals surface area contributed by atoms with Crippen LogP contribution in [0.15, 0.2) is 35.0 Å². The van der Waals surface area contributed by atoms with E-state index in [1.54, 1.807) is 28.7 Å². The molecule has 5 heteroatoms. The van der Waals surface area contributed by atoms with Crippen LogP contribution in [0.2, 0.25) is 0 Å². The Morgan fingerprint density at radius 2 is 1.89 bits per heavy atom. The van der Waals surface area contributed by atoms with Crippen LogP contribution in [-0.2, 0) is 0 Å². The molecule has 0 spiro atoms. The maximum Gasteiger partial charge on any atom is 0.159 e. The van der Waals surface area contributed by atoms with E-state index in [0.717, 1.165) is 21.5 Å². The zero-order chi connectivity index (χ0) is 13.4. The van der Waals surface area contributed by atoms with Gasteiger partial charge in [0.25, 0.3) is 0 Å². The standard InChI is InChI=1S/C14H9F2NS2/c1-8-13(9-2-3-11(15)12(16)6-9)17-14(19-8)10-4-5-18-7-10/h2-7H,1H3. The summed E-state index contributed by atoms with van der Waals surface area (Å²) in [4.78, 5) is 5.52. The van der Waals surface area contributed by atoms with Crippen molar-refractivity contribution in [3.8, 4) is 21.8 Å². The molecule has 0 atom stereocenters. The average molecular weight is 293 g/mol. The van der Waals surface area contributed by atoms with Crippen molar-refractivity contribution in [3.05, 3.63) is 51.5 Å². The van der Waals surface area contributed by atoms with Crippen LogP contribution < -0.4 is 0 Å². The molecule has 3 aromatic rings. The molecule has 0 unspecified atom stereocenters. The van der Waals surface area contributed by atoms with Crippen LogP contribution in [0, 0.1) is 18.6 Å². The maximum absolute atomic E-state index is 13.3. The van der Waals surface area contributed by atoms with E-state index in [1.807, 2.05) is 23.8 Å². The summed E-state index contributed by atoms with van der Waals surface area (Å²) < 4.78 is 26.2. The van der Waals surface area contributed by atoms with E-state index >= 15 is 0 Å². The Morgan fingerprint density at radius 3 is 2.58 bits per heavy atom. The van der Waals surface area contributed by atoms with Gasteiger partial charge in [-0.05, 0) is 36.6 Å². The van der Waals surface area contributed by atoms with Gasteiger partial charge in [0, 0.05) is 21.4 Å². The van der Waals surface area contributed by atoms with E-state index in [0.29, 0.717) is 11.3 Å². The monoisotopic (exact) mass is 293 g/mol. The molecule has 2 aromatic heterocycles. The highest BCUT2D eigenvalue weighted by Gasteiger charge is 2.13. The first-order valence-corrected chi connectivity index (χ1v) is 7.36. The molecule has 0 saturated heterocycles. The van der Waals surface area contributed by atoms with Gasteiger partial charge in [0.15, 0.2) is 11.6 Å². The molecule has 3 rings (SSSR count). The minimum absolute atomic E-state index is 0.606. The third-order valence-corrected chi connectivity index (χ3v) is 4.46. The van der Waals surface area contributed by atoms with Crippen molar-refractivity contribution >= 4 is 22.7 Å². The second-order valence-electron chi connectivity index (χ2n) is 4.06. The molecule has 0 fully saturated rings. The van der Waals surface area contributed by atoms with Gasteiger partial charge >= 0.3 is 0 Å². The number of aryl methyl sites for hydroxylation is 1. The van der Waals surface area contributed by atoms with E-state index in [1.165, 1.54) is 6.07 Å². The zero-order valence-corrected chi connectivity index (χ0v) is 11.6. The van der Waals surface area contributed by atoms with Crippen LogP contribution in [0.5, 0.6) is 0 Å². The first kappa shape index (κ1) is 12.4. The van der Waals surface area contributed by atoms with Crippen LogP contribution in [-0.4, -0.2) is 4.98 Å². The number of hydrogen-bond donors (Lipinski definition) is 0. The molecule has 96 valence electrons. The lowest BCUT2D eigenvalue weighted by Crippen LogP contribution is -1.87. The van der Waals surface area contributed by atoms with Crippen molar-refractivity contribution in [2.75, 3.05) is 0 Å². The SMILES string of the molecule is Cc1sc(-c2ccsc2)nc1-c1ccc(F)c(F)c1. The Hall–Kier alpha value is -1.59. The third kappa shape index (κ3) is 2.31. The van der Waals surface area contributed by atoms with Gasteiger partial charge < -0.3 is 0 Å². The molecule has 0 aliphatic carbocycles. The van der Waals surface area contributed by atoms with E-state index in [4.69, 9.17) is 0 Å². The van der Waals surface area contributed by atoms with Crippen LogP contribution in [0.25, 0.3) is 21.8 Å². The predicted molar refractivity (Wildman–Crippen MR) is 75.5 cm³/mol. The van der Waals surface area contributed by atoms with Crippen molar-refractivity contribution in [1.82, 2.24) is 4.98 Å². The minimum atomic E-state index is -0.845. The fourth-order valence-electron chi connectivity index (χ4n) is 1.82. The Balaban J connectivity index is 2.08. The molecule has 0 radical (unpaired) electrons. The van der Waals surface area contributed by atoms with Crippen LogP contribution in [0.4, 0.5) is 8.78 Å². The second kappa shape index (κ2) is 4.83. The van der Waals surface area contributed by atoms with Crippen molar-refractivity contribution in [3.63, 3.8) is 0 Å². The van der Waals surface area contributed by atoms with E-state index in [-0.39, 0.29) is 0 Å². The van der Waals surface area contributed by atoms with Gasteiger partial charge in [-0.3, -0.25) is 0 Å². The van der Waals surface area contributed by atoms with Gasteiger partial charge in [0.05, 0.1) is 5.69 Å². The molecule has 1 nitrogen and oxygen atoms in total. The van der Waals surface area contributed by atoms with Crippen LogP contribution in [0.3, 0.4) is 0 Å². The first-order valence-electron chi connectivity index (χ1n) is 5.60. The van der Waals surface area contributed by atoms with Crippen LogP contribution >= 0.6 is 22.7 Å². The van der Waals surface area contributed by atoms with Gasteiger partial charge in [0.2, 0.25) is 0 Å². The predicted octanol–water partition coefficient (Wildman–Crippen LogP) is 5.13. The normalized spacial score (nSPS) is 10.9. The number of thiophene rings is 1. The summed E-state index contributed by atoms with van der Waals surface area (Å²) >= 11 is 3.16. The van der Waals surface area contributed by atoms with E-state index in [9.17, 15) is 8.78 Å². The van der Waals surface area contributed by atoms with Gasteiger partial charge in [-0.15, -0.1) is 11.3 Å². The molecule has 19 heavy (non-hydrogen) atoms. The number of thiazole rings is 1. The quantitative estimate of drug-likeness (QED) is 0.638. The minimum Gasteiger partial charge on any atom is -0.236 e. The molecular weight excluding hydrogens is 284 g/mol. The van der Waals surface area contributed by atoms with Crippen molar-refractivity contribution in [2.45, 2.75) is 6.92 Å². The lowest BCUT2D eigenvalue weighted by atomic mass is 10.1. The molecule has 0 aliphatic rings. The highest BCUT2D eigenvalue weighted by molar-refractivity contribution is 7.16. The summed E-state index contributed by atoms with van der Waals surface area (Å²) in [5.41, 5.74) is 2.38. The van der Waals surface area contributed by atoms with Gasteiger partial charge in [-0.1, -0.05) is 0 Å². The molecule has 0 aliphatic heterocycles. The lowest BCUT2D eigenvalue weighted by molar-refractivity contribution is 0.509. The second-order valence-corrected chi connectivity index (χ2v) is 6.05. The fraction of sp³-hybridized carbons (Fsp3) is 0.0714. The Bertz CT molecular complexity index is 717. The average Bonchev–Trinajstić information content (AvgIpc) is 3.01. The van der Waals surface area contributed by atoms with Gasteiger partial charge in [-0.2, -0.15) is 11.3 Å². The third-order valence-electron chi connectivity index (χ3n) is 2.76. The summed E-state index contributed by atoms with van der Waals surface area (Å²) in [5, 5.41) is 4.91. The fourth-order valence-corrected chi connectivity index (χ4v) is 3.46. The largest absolute Gasteiger partial charge is 0.236 e. The number of benzene rings is 1. The van der Waals surface area contributed by atoms with Crippen molar-refractivity contribution in [2.24, 2.45) is 0 Å². The summed E-state index contributed by atoms with van der Waals surface area (Å²) in [5.74, 6) is -1.68. The summed E-state index contributed by atoms with van der Waals surface area (Å²) in [6, 6.07) is 5.87. The molecule has 0 saturated carbocycles. The molecule has 0 N–H and O–H groups in total. The number of halogens is 2. The molecular formula is C14H9F2NS2. The van der Waals surface area contributed by atoms with Gasteiger partial charge in [-0.25, -0.2) is 13.8 Å². The number of rotatable bonds is 2. The summed E-state index contributed by atoms with van der Waals surface area (Å²) in [6.07, 6.45) is 0. The Labute approximate surface area is 117 Å². The number of hydrogen-bond acceptors (Lipinski definition) is 3. The highest BCUT2D eigenvalue weighted by atomic mass is 32.1. The summed E-state index contributed by atoms with van der Waals surface area (Å²) in [7, 11) is 0. The maximum atomic E-state index is 13.3. The molecule has 2 heterocycles. The molecule has 0 bridgehead atoms. The Morgan fingerprint density at radius 1 is 1.05 bits per heavy atom. The van der Waals surface area contributed by atoms with Crippen molar-refractivity contribution in [1.29, 1.82) is 0 Å². The van der Waals surface area contributed by atoms with Crippen molar-refractivity contribution < 1.29 is 8.78 Å². The number of aromatic nitrogens is 1.